The van der Waals surface area contributed by atoms with Crippen LogP contribution in [0.3, 0.4) is 0 Å². The highest BCUT2D eigenvalue weighted by molar-refractivity contribution is 5.49. The lowest BCUT2D eigenvalue weighted by atomic mass is 9.70. The lowest BCUT2D eigenvalue weighted by Crippen LogP contribution is -2.35. The van der Waals surface area contributed by atoms with Crippen molar-refractivity contribution in [2.75, 3.05) is 5.32 Å². The van der Waals surface area contributed by atoms with Crippen LogP contribution < -0.4 is 10.1 Å². The first-order valence-electron chi connectivity index (χ1n) is 8.41. The van der Waals surface area contributed by atoms with Gasteiger partial charge in [0, 0.05) is 17.8 Å². The largest absolute Gasteiger partial charge is 0.491 e. The van der Waals surface area contributed by atoms with Crippen molar-refractivity contribution in [3.05, 3.63) is 24.3 Å². The van der Waals surface area contributed by atoms with E-state index in [9.17, 15) is 0 Å². The predicted octanol–water partition coefficient (Wildman–Crippen LogP) is 5.49. The highest BCUT2D eigenvalue weighted by Gasteiger charge is 2.31. The Labute approximate surface area is 130 Å². The monoisotopic (exact) mass is 289 g/mol. The van der Waals surface area contributed by atoms with Crippen molar-refractivity contribution in [1.82, 2.24) is 0 Å². The number of rotatable bonds is 5. The lowest BCUT2D eigenvalue weighted by molar-refractivity contribution is 0.178. The maximum Gasteiger partial charge on any atom is 0.121 e. The minimum absolute atomic E-state index is 0.272. The summed E-state index contributed by atoms with van der Waals surface area (Å²) < 4.78 is 5.92. The molecule has 0 bridgehead atoms. The molecular weight excluding hydrogens is 258 g/mol. The summed E-state index contributed by atoms with van der Waals surface area (Å²) in [4.78, 5) is 0. The van der Waals surface area contributed by atoms with Gasteiger partial charge in [0.15, 0.2) is 0 Å². The normalized spacial score (nSPS) is 26.1. The molecule has 0 spiro atoms. The van der Waals surface area contributed by atoms with Crippen LogP contribution in [0.2, 0.25) is 0 Å². The first-order chi connectivity index (χ1) is 9.88. The number of ether oxygens (including phenoxy) is 1. The molecule has 1 aliphatic carbocycles. The van der Waals surface area contributed by atoms with Gasteiger partial charge in [-0.2, -0.15) is 0 Å². The molecule has 1 N–H and O–H groups in total. The van der Waals surface area contributed by atoms with E-state index >= 15 is 0 Å². The van der Waals surface area contributed by atoms with Gasteiger partial charge in [-0.25, -0.2) is 0 Å². The summed E-state index contributed by atoms with van der Waals surface area (Å²) in [5.74, 6) is 1.77. The molecule has 0 aromatic heterocycles. The Bertz CT molecular complexity index is 455. The Morgan fingerprint density at radius 3 is 2.76 bits per heavy atom. The maximum atomic E-state index is 5.92. The Kier molecular flexibility index (Phi) is 5.18. The van der Waals surface area contributed by atoms with E-state index in [2.05, 4.69) is 58.1 Å². The molecule has 2 nitrogen and oxygen atoms in total. The number of hydrogen-bond acceptors (Lipinski definition) is 2. The van der Waals surface area contributed by atoms with E-state index in [1.54, 1.807) is 0 Å². The Morgan fingerprint density at radius 2 is 2.10 bits per heavy atom. The summed E-state index contributed by atoms with van der Waals surface area (Å²) in [6, 6.07) is 8.98. The molecule has 1 aromatic rings. The molecule has 1 aliphatic rings. The first-order valence-corrected chi connectivity index (χ1v) is 8.41. The molecule has 118 valence electrons. The van der Waals surface area contributed by atoms with Gasteiger partial charge in [-0.3, -0.25) is 0 Å². The van der Waals surface area contributed by atoms with Crippen LogP contribution in [0.5, 0.6) is 5.75 Å². The van der Waals surface area contributed by atoms with Gasteiger partial charge in [0.1, 0.15) is 5.75 Å². The first kappa shape index (κ1) is 16.2. The molecule has 1 saturated carbocycles. The molecule has 0 saturated heterocycles. The quantitative estimate of drug-likeness (QED) is 0.773. The van der Waals surface area contributed by atoms with Crippen LogP contribution in [0.25, 0.3) is 0 Å². The maximum absolute atomic E-state index is 5.92. The molecule has 0 amide bonds. The molecule has 1 aromatic carbocycles. The fourth-order valence-corrected chi connectivity index (χ4v) is 3.67. The average molecular weight is 289 g/mol. The Morgan fingerprint density at radius 1 is 1.33 bits per heavy atom. The molecule has 0 radical (unpaired) electrons. The van der Waals surface area contributed by atoms with E-state index in [-0.39, 0.29) is 6.10 Å². The topological polar surface area (TPSA) is 21.3 Å². The van der Waals surface area contributed by atoms with Gasteiger partial charge in [-0.1, -0.05) is 33.8 Å². The van der Waals surface area contributed by atoms with Gasteiger partial charge in [0.05, 0.1) is 6.10 Å². The van der Waals surface area contributed by atoms with Gasteiger partial charge in [-0.05, 0) is 56.1 Å². The molecule has 1 fully saturated rings. The summed E-state index contributed by atoms with van der Waals surface area (Å²) in [6.07, 6.45) is 5.15. The third-order valence-corrected chi connectivity index (χ3v) is 4.50. The minimum atomic E-state index is 0.272. The van der Waals surface area contributed by atoms with Crippen molar-refractivity contribution in [3.63, 3.8) is 0 Å². The van der Waals surface area contributed by atoms with Crippen LogP contribution in [0.15, 0.2) is 24.3 Å². The molecule has 3 atom stereocenters. The van der Waals surface area contributed by atoms with Crippen molar-refractivity contribution >= 4 is 5.69 Å². The predicted molar refractivity (Wildman–Crippen MR) is 91.0 cm³/mol. The summed E-state index contributed by atoms with van der Waals surface area (Å²) in [7, 11) is 0. The van der Waals surface area contributed by atoms with Gasteiger partial charge in [0.2, 0.25) is 0 Å². The standard InChI is InChI=1S/C19H31NO/c1-6-15(3)21-18-9-7-8-16(11-18)20-17-10-14(2)12-19(4,5)13-17/h7-9,11,14-15,17,20H,6,10,12-13H2,1-5H3. The molecule has 0 heterocycles. The molecule has 2 rings (SSSR count). The SMILES string of the molecule is CCC(C)Oc1cccc(NC2CC(C)CC(C)(C)C2)c1. The van der Waals surface area contributed by atoms with E-state index in [4.69, 9.17) is 4.74 Å². The third kappa shape index (κ3) is 4.94. The summed E-state index contributed by atoms with van der Waals surface area (Å²) in [5.41, 5.74) is 1.63. The number of benzene rings is 1. The summed E-state index contributed by atoms with van der Waals surface area (Å²) in [5, 5.41) is 3.72. The minimum Gasteiger partial charge on any atom is -0.491 e. The van der Waals surface area contributed by atoms with Crippen LogP contribution in [0, 0.1) is 11.3 Å². The Balaban J connectivity index is 2.00. The van der Waals surface area contributed by atoms with Gasteiger partial charge < -0.3 is 10.1 Å². The fraction of sp³-hybridized carbons (Fsp3) is 0.684. The van der Waals surface area contributed by atoms with Gasteiger partial charge in [0.25, 0.3) is 0 Å². The van der Waals surface area contributed by atoms with Crippen LogP contribution in [0.1, 0.15) is 60.3 Å². The molecule has 0 aliphatic heterocycles. The number of nitrogens with one attached hydrogen (secondary N) is 1. The molecule has 3 unspecified atom stereocenters. The van der Waals surface area contributed by atoms with E-state index in [1.165, 1.54) is 24.9 Å². The fourth-order valence-electron chi connectivity index (χ4n) is 3.67. The molecular formula is C19H31NO. The lowest BCUT2D eigenvalue weighted by Gasteiger charge is -2.39. The van der Waals surface area contributed by atoms with Gasteiger partial charge in [-0.15, -0.1) is 0 Å². The number of hydrogen-bond donors (Lipinski definition) is 1. The molecule has 2 heteroatoms. The van der Waals surface area contributed by atoms with Crippen molar-refractivity contribution in [2.24, 2.45) is 11.3 Å². The number of anilines is 1. The zero-order valence-corrected chi connectivity index (χ0v) is 14.3. The zero-order valence-electron chi connectivity index (χ0n) is 14.3. The van der Waals surface area contributed by atoms with E-state index in [1.807, 2.05) is 6.07 Å². The smallest absolute Gasteiger partial charge is 0.121 e. The van der Waals surface area contributed by atoms with Crippen LogP contribution in [0.4, 0.5) is 5.69 Å². The van der Waals surface area contributed by atoms with E-state index in [0.29, 0.717) is 11.5 Å². The average Bonchev–Trinajstić information content (AvgIpc) is 2.36. The van der Waals surface area contributed by atoms with E-state index in [0.717, 1.165) is 18.1 Å². The van der Waals surface area contributed by atoms with Gasteiger partial charge >= 0.3 is 0 Å². The van der Waals surface area contributed by atoms with Crippen LogP contribution >= 0.6 is 0 Å². The van der Waals surface area contributed by atoms with Crippen molar-refractivity contribution in [1.29, 1.82) is 0 Å². The third-order valence-electron chi connectivity index (χ3n) is 4.50. The second-order valence-electron chi connectivity index (χ2n) is 7.62. The summed E-state index contributed by atoms with van der Waals surface area (Å²) >= 11 is 0. The highest BCUT2D eigenvalue weighted by Crippen LogP contribution is 2.39. The van der Waals surface area contributed by atoms with Crippen LogP contribution in [-0.4, -0.2) is 12.1 Å². The second-order valence-corrected chi connectivity index (χ2v) is 7.62. The molecule has 21 heavy (non-hydrogen) atoms. The van der Waals surface area contributed by atoms with Crippen LogP contribution in [-0.2, 0) is 0 Å². The van der Waals surface area contributed by atoms with Crippen molar-refractivity contribution < 1.29 is 4.74 Å². The Hall–Kier alpha value is -1.18. The van der Waals surface area contributed by atoms with E-state index < -0.39 is 0 Å². The van der Waals surface area contributed by atoms with Crippen molar-refractivity contribution in [2.45, 2.75) is 72.4 Å². The second kappa shape index (κ2) is 6.72. The summed E-state index contributed by atoms with van der Waals surface area (Å²) in [6.45, 7) is 11.4. The highest BCUT2D eigenvalue weighted by atomic mass is 16.5. The zero-order chi connectivity index (χ0) is 15.5. The van der Waals surface area contributed by atoms with Crippen molar-refractivity contribution in [3.8, 4) is 5.75 Å².